The lowest BCUT2D eigenvalue weighted by Crippen LogP contribution is -2.42. The second-order valence-electron chi connectivity index (χ2n) is 7.74. The van der Waals surface area contributed by atoms with Gasteiger partial charge in [-0.1, -0.05) is 37.8 Å². The van der Waals surface area contributed by atoms with Crippen LogP contribution in [0.15, 0.2) is 29.8 Å². The zero-order valence-electron chi connectivity index (χ0n) is 14.4. The molecule has 0 aromatic heterocycles. The van der Waals surface area contributed by atoms with Crippen molar-refractivity contribution in [2.45, 2.75) is 51.9 Å². The van der Waals surface area contributed by atoms with Crippen LogP contribution in [0, 0.1) is 29.1 Å². The summed E-state index contributed by atoms with van der Waals surface area (Å²) in [5.74, 6) is 8.40. The second kappa shape index (κ2) is 5.52. The lowest BCUT2D eigenvalue weighted by Gasteiger charge is -2.49. The molecule has 1 aromatic carbocycles. The van der Waals surface area contributed by atoms with E-state index in [1.54, 1.807) is 12.1 Å². The number of fused-ring (bicyclic) bond motifs is 5. The van der Waals surface area contributed by atoms with Crippen molar-refractivity contribution in [3.63, 3.8) is 0 Å². The molecule has 4 rings (SSSR count). The molecular formula is C22H24O2. The summed E-state index contributed by atoms with van der Waals surface area (Å²) in [6.45, 7) is 4.44. The zero-order chi connectivity index (χ0) is 16.9. The van der Waals surface area contributed by atoms with Gasteiger partial charge in [0.2, 0.25) is 0 Å². The topological polar surface area (TPSA) is 37.3 Å². The van der Waals surface area contributed by atoms with Gasteiger partial charge in [-0.15, -0.1) is 0 Å². The van der Waals surface area contributed by atoms with Crippen LogP contribution in [0.1, 0.15) is 67.8 Å². The third-order valence-electron chi connectivity index (χ3n) is 6.58. The predicted molar refractivity (Wildman–Crippen MR) is 94.9 cm³/mol. The molecule has 1 N–H and O–H groups in total. The van der Waals surface area contributed by atoms with Crippen LogP contribution < -0.4 is 0 Å². The Kier molecular flexibility index (Phi) is 3.57. The third kappa shape index (κ3) is 2.14. The van der Waals surface area contributed by atoms with Crippen molar-refractivity contribution >= 4 is 5.78 Å². The molecule has 0 radical (unpaired) electrons. The third-order valence-corrected chi connectivity index (χ3v) is 6.58. The SMILES string of the molecule is CCC#CC1=CCC2C3CC(=O)c4cc(O)ccc4C3CC[C@]12C. The van der Waals surface area contributed by atoms with Crippen molar-refractivity contribution in [2.24, 2.45) is 17.3 Å². The number of aromatic hydroxyl groups is 1. The summed E-state index contributed by atoms with van der Waals surface area (Å²) in [6.07, 6.45) is 7.12. The molecule has 0 amide bonds. The van der Waals surface area contributed by atoms with Crippen LogP contribution in [-0.4, -0.2) is 10.9 Å². The molecule has 0 heterocycles. The lowest BCUT2D eigenvalue weighted by molar-refractivity contribution is 0.0636. The monoisotopic (exact) mass is 320 g/mol. The van der Waals surface area contributed by atoms with Gasteiger partial charge in [0.25, 0.3) is 0 Å². The second-order valence-corrected chi connectivity index (χ2v) is 7.74. The average Bonchev–Trinajstić information content (AvgIpc) is 2.90. The van der Waals surface area contributed by atoms with Gasteiger partial charge >= 0.3 is 0 Å². The summed E-state index contributed by atoms with van der Waals surface area (Å²) in [4.78, 5) is 12.7. The highest BCUT2D eigenvalue weighted by Gasteiger charge is 2.52. The van der Waals surface area contributed by atoms with Gasteiger partial charge in [-0.25, -0.2) is 0 Å². The van der Waals surface area contributed by atoms with Crippen molar-refractivity contribution < 1.29 is 9.90 Å². The number of Topliss-reactive ketones (excluding diaryl/α,β-unsaturated/α-hetero) is 1. The van der Waals surface area contributed by atoms with Crippen molar-refractivity contribution in [3.05, 3.63) is 41.0 Å². The van der Waals surface area contributed by atoms with Crippen LogP contribution >= 0.6 is 0 Å². The molecule has 0 bridgehead atoms. The maximum Gasteiger partial charge on any atom is 0.163 e. The minimum Gasteiger partial charge on any atom is -0.508 e. The van der Waals surface area contributed by atoms with Gasteiger partial charge in [-0.3, -0.25) is 4.79 Å². The van der Waals surface area contributed by atoms with Gasteiger partial charge < -0.3 is 5.11 Å². The van der Waals surface area contributed by atoms with Crippen LogP contribution in [0.2, 0.25) is 0 Å². The molecule has 1 fully saturated rings. The van der Waals surface area contributed by atoms with Crippen LogP contribution in [0.4, 0.5) is 0 Å². The first-order chi connectivity index (χ1) is 11.5. The quantitative estimate of drug-likeness (QED) is 0.695. The maximum absolute atomic E-state index is 12.7. The summed E-state index contributed by atoms with van der Waals surface area (Å²) < 4.78 is 0. The van der Waals surface area contributed by atoms with Crippen molar-refractivity contribution in [3.8, 4) is 17.6 Å². The molecule has 2 nitrogen and oxygen atoms in total. The molecule has 0 spiro atoms. The fourth-order valence-corrected chi connectivity index (χ4v) is 5.34. The summed E-state index contributed by atoms with van der Waals surface area (Å²) >= 11 is 0. The van der Waals surface area contributed by atoms with E-state index in [0.717, 1.165) is 36.8 Å². The molecule has 124 valence electrons. The largest absolute Gasteiger partial charge is 0.508 e. The van der Waals surface area contributed by atoms with Crippen LogP contribution in [0.5, 0.6) is 5.75 Å². The molecule has 2 heteroatoms. The van der Waals surface area contributed by atoms with E-state index in [0.29, 0.717) is 24.2 Å². The van der Waals surface area contributed by atoms with Gasteiger partial charge in [0.1, 0.15) is 5.75 Å². The number of benzene rings is 1. The molecule has 0 aliphatic heterocycles. The highest BCUT2D eigenvalue weighted by molar-refractivity contribution is 5.99. The first-order valence-electron chi connectivity index (χ1n) is 9.10. The molecule has 0 saturated heterocycles. The Labute approximate surface area is 144 Å². The molecule has 4 atom stereocenters. The van der Waals surface area contributed by atoms with E-state index in [9.17, 15) is 9.90 Å². The molecule has 24 heavy (non-hydrogen) atoms. The Hall–Kier alpha value is -2.01. The van der Waals surface area contributed by atoms with Gasteiger partial charge in [0, 0.05) is 29.4 Å². The summed E-state index contributed by atoms with van der Waals surface area (Å²) in [6, 6.07) is 5.36. The lowest BCUT2D eigenvalue weighted by atomic mass is 9.54. The summed E-state index contributed by atoms with van der Waals surface area (Å²) in [5, 5.41) is 9.73. The Morgan fingerprint density at radius 1 is 1.38 bits per heavy atom. The number of phenolic OH excluding ortho intramolecular Hbond substituents is 1. The predicted octanol–water partition coefficient (Wildman–Crippen LogP) is 4.84. The molecule has 3 aliphatic carbocycles. The minimum absolute atomic E-state index is 0.137. The smallest absolute Gasteiger partial charge is 0.163 e. The van der Waals surface area contributed by atoms with Gasteiger partial charge in [0.15, 0.2) is 5.78 Å². The fourth-order valence-electron chi connectivity index (χ4n) is 5.34. The number of ketones is 1. The molecule has 1 saturated carbocycles. The first-order valence-corrected chi connectivity index (χ1v) is 9.10. The maximum atomic E-state index is 12.7. The zero-order valence-corrected chi connectivity index (χ0v) is 14.4. The van der Waals surface area contributed by atoms with Gasteiger partial charge in [0.05, 0.1) is 0 Å². The number of allylic oxidation sites excluding steroid dienone is 2. The minimum atomic E-state index is 0.137. The standard InChI is InChI=1S/C22H24O2/c1-3-4-5-14-6-9-20-18-13-21(24)19-12-15(23)7-8-16(19)17(18)10-11-22(14,20)2/h6-8,12,17-18,20,23H,3,9-11,13H2,1-2H3/t17?,18?,20?,22-/m1/s1. The Bertz CT molecular complexity index is 792. The van der Waals surface area contributed by atoms with Crippen molar-refractivity contribution in [1.29, 1.82) is 0 Å². The van der Waals surface area contributed by atoms with Crippen molar-refractivity contribution in [2.75, 3.05) is 0 Å². The van der Waals surface area contributed by atoms with Crippen LogP contribution in [-0.2, 0) is 0 Å². The van der Waals surface area contributed by atoms with E-state index in [2.05, 4.69) is 31.8 Å². The Morgan fingerprint density at radius 2 is 2.21 bits per heavy atom. The molecular weight excluding hydrogens is 296 g/mol. The van der Waals surface area contributed by atoms with Crippen molar-refractivity contribution in [1.82, 2.24) is 0 Å². The van der Waals surface area contributed by atoms with E-state index in [4.69, 9.17) is 0 Å². The summed E-state index contributed by atoms with van der Waals surface area (Å²) in [5.41, 5.74) is 3.34. The number of phenols is 1. The Balaban J connectivity index is 1.70. The Morgan fingerprint density at radius 3 is 3.00 bits per heavy atom. The highest BCUT2D eigenvalue weighted by atomic mass is 16.3. The molecule has 3 aliphatic rings. The number of hydrogen-bond donors (Lipinski definition) is 1. The van der Waals surface area contributed by atoms with Gasteiger partial charge in [-0.2, -0.15) is 0 Å². The number of hydrogen-bond acceptors (Lipinski definition) is 2. The molecule has 1 aromatic rings. The first kappa shape index (κ1) is 15.5. The number of carbonyl (C=O) groups is 1. The van der Waals surface area contributed by atoms with E-state index in [1.807, 2.05) is 6.07 Å². The van der Waals surface area contributed by atoms with Gasteiger partial charge in [-0.05, 0) is 54.7 Å². The van der Waals surface area contributed by atoms with Crippen LogP contribution in [0.3, 0.4) is 0 Å². The van der Waals surface area contributed by atoms with Crippen LogP contribution in [0.25, 0.3) is 0 Å². The highest BCUT2D eigenvalue weighted by Crippen LogP contribution is 2.60. The van der Waals surface area contributed by atoms with E-state index in [1.165, 1.54) is 5.57 Å². The average molecular weight is 320 g/mol. The van der Waals surface area contributed by atoms with E-state index >= 15 is 0 Å². The van der Waals surface area contributed by atoms with E-state index < -0.39 is 0 Å². The number of carbonyl (C=O) groups excluding carboxylic acids is 1. The normalized spacial score (nSPS) is 33.7. The summed E-state index contributed by atoms with van der Waals surface area (Å²) in [7, 11) is 0. The molecule has 3 unspecified atom stereocenters. The van der Waals surface area contributed by atoms with E-state index in [-0.39, 0.29) is 16.9 Å². The fraction of sp³-hybridized carbons (Fsp3) is 0.500. The number of rotatable bonds is 0.